The molecule has 2 aromatic carbocycles. The summed E-state index contributed by atoms with van der Waals surface area (Å²) < 4.78 is 5.55. The first-order chi connectivity index (χ1) is 15.6. The van der Waals surface area contributed by atoms with Crippen molar-refractivity contribution in [2.24, 2.45) is 0 Å². The second-order valence-corrected chi connectivity index (χ2v) is 10.3. The van der Waals surface area contributed by atoms with E-state index in [0.29, 0.717) is 43.1 Å². The number of halogens is 2. The van der Waals surface area contributed by atoms with E-state index in [2.05, 4.69) is 23.1 Å². The molecule has 2 aliphatic heterocycles. The topological polar surface area (TPSA) is 73.9 Å². The molecule has 0 saturated carbocycles. The molecule has 7 nitrogen and oxygen atoms in total. The number of carbonyl (C=O) groups excluding carboxylic acids is 2. The number of likely N-dealkylation sites (tertiary alicyclic amines) is 1. The quantitative estimate of drug-likeness (QED) is 0.599. The summed E-state index contributed by atoms with van der Waals surface area (Å²) in [5.41, 5.74) is 7.74. The van der Waals surface area contributed by atoms with Crippen LogP contribution >= 0.6 is 23.2 Å². The van der Waals surface area contributed by atoms with E-state index in [4.69, 9.17) is 27.9 Å². The number of nitrogens with one attached hydrogen (secondary N) is 2. The van der Waals surface area contributed by atoms with Crippen LogP contribution in [0.5, 0.6) is 0 Å². The highest BCUT2D eigenvalue weighted by Crippen LogP contribution is 2.45. The molecule has 0 unspecified atom stereocenters. The zero-order chi connectivity index (χ0) is 23.8. The SMILES string of the molecule is CC(C)(C)OC(=O)N1CCC2(CC1)c1ccccc1CN2NNC(=O)c1ccc(Cl)cc1Cl. The van der Waals surface area contributed by atoms with Crippen molar-refractivity contribution in [3.63, 3.8) is 0 Å². The Bertz CT molecular complexity index is 1060. The Hall–Kier alpha value is -2.32. The van der Waals surface area contributed by atoms with Gasteiger partial charge >= 0.3 is 6.09 Å². The summed E-state index contributed by atoms with van der Waals surface area (Å²) in [6, 6.07) is 13.0. The number of piperidine rings is 1. The van der Waals surface area contributed by atoms with Crippen molar-refractivity contribution in [2.75, 3.05) is 13.1 Å². The van der Waals surface area contributed by atoms with Crippen molar-refractivity contribution in [3.8, 4) is 0 Å². The lowest BCUT2D eigenvalue weighted by Gasteiger charge is -2.45. The summed E-state index contributed by atoms with van der Waals surface area (Å²) in [4.78, 5) is 27.1. The molecule has 0 bridgehead atoms. The molecule has 4 rings (SSSR count). The van der Waals surface area contributed by atoms with Crippen LogP contribution in [0.4, 0.5) is 4.79 Å². The molecule has 1 fully saturated rings. The summed E-state index contributed by atoms with van der Waals surface area (Å²) in [6.07, 6.45) is 1.11. The molecule has 2 N–H and O–H groups in total. The molecular formula is C24H28Cl2N4O3. The Balaban J connectivity index is 1.49. The fourth-order valence-electron chi connectivity index (χ4n) is 4.51. The first-order valence-corrected chi connectivity index (χ1v) is 11.7. The molecule has 2 aliphatic rings. The minimum Gasteiger partial charge on any atom is -0.444 e. The summed E-state index contributed by atoms with van der Waals surface area (Å²) in [6.45, 7) is 7.33. The Morgan fingerprint density at radius 3 is 2.42 bits per heavy atom. The van der Waals surface area contributed by atoms with Gasteiger partial charge in [0.2, 0.25) is 0 Å². The van der Waals surface area contributed by atoms with Gasteiger partial charge in [0.05, 0.1) is 16.1 Å². The molecule has 33 heavy (non-hydrogen) atoms. The fraction of sp³-hybridized carbons (Fsp3) is 0.417. The maximum atomic E-state index is 12.8. The van der Waals surface area contributed by atoms with Crippen LogP contribution in [-0.2, 0) is 16.8 Å². The third-order valence-electron chi connectivity index (χ3n) is 6.09. The minimum absolute atomic E-state index is 0.284. The third-order valence-corrected chi connectivity index (χ3v) is 6.63. The molecule has 1 spiro atoms. The smallest absolute Gasteiger partial charge is 0.410 e. The van der Waals surface area contributed by atoms with Crippen molar-refractivity contribution < 1.29 is 14.3 Å². The van der Waals surface area contributed by atoms with Crippen LogP contribution in [-0.4, -0.2) is 40.6 Å². The number of hydrazine groups is 2. The van der Waals surface area contributed by atoms with Crippen LogP contribution < -0.4 is 11.0 Å². The molecule has 176 valence electrons. The number of amides is 2. The van der Waals surface area contributed by atoms with E-state index < -0.39 is 5.60 Å². The monoisotopic (exact) mass is 490 g/mol. The van der Waals surface area contributed by atoms with Crippen molar-refractivity contribution >= 4 is 35.2 Å². The maximum Gasteiger partial charge on any atom is 0.410 e. The standard InChI is InChI=1S/C24H28Cl2N4O3/c1-23(2,3)33-22(32)29-12-10-24(11-13-29)19-7-5-4-6-16(19)15-30(24)28-27-21(31)18-9-8-17(25)14-20(18)26/h4-9,14,28H,10-13,15H2,1-3H3,(H,27,31). The number of nitrogens with zero attached hydrogens (tertiary/aromatic N) is 2. The van der Waals surface area contributed by atoms with Crippen LogP contribution in [0, 0.1) is 0 Å². The molecular weight excluding hydrogens is 463 g/mol. The van der Waals surface area contributed by atoms with Crippen LogP contribution in [0.25, 0.3) is 0 Å². The number of benzene rings is 2. The largest absolute Gasteiger partial charge is 0.444 e. The van der Waals surface area contributed by atoms with Gasteiger partial charge in [0.1, 0.15) is 5.60 Å². The number of carbonyl (C=O) groups is 2. The molecule has 9 heteroatoms. The van der Waals surface area contributed by atoms with E-state index in [0.717, 1.165) is 0 Å². The maximum absolute atomic E-state index is 12.8. The first-order valence-electron chi connectivity index (χ1n) is 10.9. The summed E-state index contributed by atoms with van der Waals surface area (Å²) in [5, 5.41) is 2.80. The Morgan fingerprint density at radius 1 is 1.06 bits per heavy atom. The second kappa shape index (κ2) is 9.14. The fourth-order valence-corrected chi connectivity index (χ4v) is 5.00. The van der Waals surface area contributed by atoms with E-state index in [1.807, 2.05) is 37.9 Å². The number of rotatable bonds is 3. The number of ether oxygens (including phenoxy) is 1. The van der Waals surface area contributed by atoms with E-state index in [-0.39, 0.29) is 22.6 Å². The molecule has 2 amide bonds. The van der Waals surface area contributed by atoms with Gasteiger partial charge in [-0.05, 0) is 62.9 Å². The minimum atomic E-state index is -0.535. The van der Waals surface area contributed by atoms with Gasteiger partial charge in [-0.3, -0.25) is 10.2 Å². The molecule has 0 aliphatic carbocycles. The number of hydrogen-bond acceptors (Lipinski definition) is 5. The molecule has 2 aromatic rings. The first kappa shape index (κ1) is 23.8. The van der Waals surface area contributed by atoms with Gasteiger partial charge < -0.3 is 9.64 Å². The lowest BCUT2D eigenvalue weighted by molar-refractivity contribution is -0.0309. The average molecular weight is 491 g/mol. The van der Waals surface area contributed by atoms with E-state index in [1.54, 1.807) is 17.0 Å². The van der Waals surface area contributed by atoms with Gasteiger partial charge in [-0.1, -0.05) is 47.5 Å². The second-order valence-electron chi connectivity index (χ2n) is 9.43. The lowest BCUT2D eigenvalue weighted by atomic mass is 9.81. The Kier molecular flexibility index (Phi) is 6.60. The highest BCUT2D eigenvalue weighted by molar-refractivity contribution is 6.36. The third kappa shape index (κ3) is 4.96. The zero-order valence-electron chi connectivity index (χ0n) is 19.0. The Labute approximate surface area is 203 Å². The van der Waals surface area contributed by atoms with Crippen molar-refractivity contribution in [1.82, 2.24) is 20.9 Å². The zero-order valence-corrected chi connectivity index (χ0v) is 20.5. The Morgan fingerprint density at radius 2 is 1.76 bits per heavy atom. The van der Waals surface area contributed by atoms with Crippen molar-refractivity contribution in [3.05, 3.63) is 69.2 Å². The average Bonchev–Trinajstić information content (AvgIpc) is 3.04. The van der Waals surface area contributed by atoms with Gasteiger partial charge in [0.25, 0.3) is 5.91 Å². The molecule has 0 aromatic heterocycles. The van der Waals surface area contributed by atoms with Gasteiger partial charge in [-0.15, -0.1) is 0 Å². The van der Waals surface area contributed by atoms with E-state index in [9.17, 15) is 9.59 Å². The highest BCUT2D eigenvalue weighted by Gasteiger charge is 2.48. The molecule has 0 atom stereocenters. The lowest BCUT2D eigenvalue weighted by Crippen LogP contribution is -2.59. The van der Waals surface area contributed by atoms with Crippen molar-refractivity contribution in [2.45, 2.75) is 51.3 Å². The van der Waals surface area contributed by atoms with Crippen LogP contribution in [0.3, 0.4) is 0 Å². The number of hydrogen-bond donors (Lipinski definition) is 2. The van der Waals surface area contributed by atoms with Gasteiger partial charge in [-0.2, -0.15) is 5.53 Å². The molecule has 0 radical (unpaired) electrons. The van der Waals surface area contributed by atoms with E-state index >= 15 is 0 Å². The van der Waals surface area contributed by atoms with Crippen LogP contribution in [0.1, 0.15) is 55.1 Å². The predicted octanol–water partition coefficient (Wildman–Crippen LogP) is 4.88. The number of fused-ring (bicyclic) bond motifs is 2. The summed E-state index contributed by atoms with van der Waals surface area (Å²) >= 11 is 12.1. The predicted molar refractivity (Wildman–Crippen MR) is 128 cm³/mol. The highest BCUT2D eigenvalue weighted by atomic mass is 35.5. The van der Waals surface area contributed by atoms with E-state index in [1.165, 1.54) is 17.2 Å². The summed E-state index contributed by atoms with van der Waals surface area (Å²) in [7, 11) is 0. The van der Waals surface area contributed by atoms with Crippen molar-refractivity contribution in [1.29, 1.82) is 0 Å². The van der Waals surface area contributed by atoms with Crippen LogP contribution in [0.15, 0.2) is 42.5 Å². The van der Waals surface area contributed by atoms with Gasteiger partial charge in [0.15, 0.2) is 0 Å². The normalized spacial score (nSPS) is 17.7. The molecule has 2 heterocycles. The van der Waals surface area contributed by atoms with Crippen LogP contribution in [0.2, 0.25) is 10.0 Å². The van der Waals surface area contributed by atoms with Gasteiger partial charge in [-0.25, -0.2) is 9.80 Å². The van der Waals surface area contributed by atoms with Gasteiger partial charge in [0, 0.05) is 24.7 Å². The molecule has 1 saturated heterocycles. The summed E-state index contributed by atoms with van der Waals surface area (Å²) in [5.74, 6) is -0.353.